The molecule has 8 heteroatoms. The van der Waals surface area contributed by atoms with Gasteiger partial charge in [0.2, 0.25) is 0 Å². The number of hydrogen-bond donors (Lipinski definition) is 2. The van der Waals surface area contributed by atoms with Crippen molar-refractivity contribution in [2.75, 3.05) is 11.9 Å². The highest BCUT2D eigenvalue weighted by Gasteiger charge is 2.27. The van der Waals surface area contributed by atoms with Crippen LogP contribution < -0.4 is 11.1 Å². The topological polar surface area (TPSA) is 98.5 Å². The standard InChI is InChI=1S/C18H20N2O4S2/c1-9-3-4-11-12(7-9)26-17(14(11)16(19)22)20-13(21)8-24-18(23)15-10(2)5-6-25-15/h5-6,9H,3-4,7-8H2,1-2H3,(H2,19,22)(H,20,21). The lowest BCUT2D eigenvalue weighted by atomic mass is 9.88. The van der Waals surface area contributed by atoms with Crippen LogP contribution in [0.25, 0.3) is 0 Å². The molecule has 0 saturated carbocycles. The van der Waals surface area contributed by atoms with Crippen LogP contribution in [0.2, 0.25) is 0 Å². The summed E-state index contributed by atoms with van der Waals surface area (Å²) in [7, 11) is 0. The van der Waals surface area contributed by atoms with E-state index in [9.17, 15) is 14.4 Å². The Kier molecular flexibility index (Phi) is 5.43. The van der Waals surface area contributed by atoms with Crippen molar-refractivity contribution >= 4 is 45.5 Å². The van der Waals surface area contributed by atoms with Gasteiger partial charge in [0.05, 0.1) is 5.56 Å². The second-order valence-corrected chi connectivity index (χ2v) is 8.50. The summed E-state index contributed by atoms with van der Waals surface area (Å²) in [6.07, 6.45) is 2.66. The van der Waals surface area contributed by atoms with Crippen molar-refractivity contribution in [2.45, 2.75) is 33.1 Å². The summed E-state index contributed by atoms with van der Waals surface area (Å²) in [5.74, 6) is -1.01. The molecule has 138 valence electrons. The predicted molar refractivity (Wildman–Crippen MR) is 102 cm³/mol. The molecule has 3 N–H and O–H groups in total. The van der Waals surface area contributed by atoms with E-state index in [1.807, 2.05) is 13.0 Å². The van der Waals surface area contributed by atoms with Crippen molar-refractivity contribution in [3.8, 4) is 0 Å². The Hall–Kier alpha value is -2.19. The molecule has 26 heavy (non-hydrogen) atoms. The molecule has 3 rings (SSSR count). The number of thiophene rings is 2. The van der Waals surface area contributed by atoms with Crippen LogP contribution in [0.15, 0.2) is 11.4 Å². The van der Waals surface area contributed by atoms with Gasteiger partial charge in [0.1, 0.15) is 9.88 Å². The maximum Gasteiger partial charge on any atom is 0.349 e. The number of fused-ring (bicyclic) bond motifs is 1. The SMILES string of the molecule is Cc1ccsc1C(=O)OCC(=O)Nc1sc2c(c1C(N)=O)CCC(C)C2. The lowest BCUT2D eigenvalue weighted by Gasteiger charge is -2.18. The molecular weight excluding hydrogens is 372 g/mol. The third kappa shape index (κ3) is 3.81. The van der Waals surface area contributed by atoms with E-state index in [4.69, 9.17) is 10.5 Å². The molecular formula is C18H20N2O4S2. The molecule has 0 saturated heterocycles. The maximum atomic E-state index is 12.2. The van der Waals surface area contributed by atoms with E-state index in [1.54, 1.807) is 5.38 Å². The van der Waals surface area contributed by atoms with E-state index < -0.39 is 24.4 Å². The molecule has 1 aliphatic rings. The van der Waals surface area contributed by atoms with Crippen molar-refractivity contribution in [2.24, 2.45) is 11.7 Å². The highest BCUT2D eigenvalue weighted by atomic mass is 32.1. The minimum absolute atomic E-state index is 0.394. The quantitative estimate of drug-likeness (QED) is 0.764. The van der Waals surface area contributed by atoms with Gasteiger partial charge in [-0.15, -0.1) is 22.7 Å². The Bertz CT molecular complexity index is 869. The second kappa shape index (κ2) is 7.59. The molecule has 2 heterocycles. The fourth-order valence-corrected chi connectivity index (χ4v) is 5.29. The average Bonchev–Trinajstić information content (AvgIpc) is 3.15. The van der Waals surface area contributed by atoms with Gasteiger partial charge >= 0.3 is 5.97 Å². The molecule has 0 aliphatic heterocycles. The van der Waals surface area contributed by atoms with Crippen LogP contribution in [0.3, 0.4) is 0 Å². The summed E-state index contributed by atoms with van der Waals surface area (Å²) >= 11 is 2.66. The van der Waals surface area contributed by atoms with Gasteiger partial charge in [-0.2, -0.15) is 0 Å². The average molecular weight is 393 g/mol. The first-order valence-corrected chi connectivity index (χ1v) is 10.0. The number of anilines is 1. The van der Waals surface area contributed by atoms with Crippen molar-refractivity contribution in [1.82, 2.24) is 0 Å². The Morgan fingerprint density at radius 3 is 2.81 bits per heavy atom. The minimum atomic E-state index is -0.543. The number of ether oxygens (including phenoxy) is 1. The van der Waals surface area contributed by atoms with Crippen molar-refractivity contribution < 1.29 is 19.1 Å². The van der Waals surface area contributed by atoms with Crippen molar-refractivity contribution in [3.05, 3.63) is 37.9 Å². The highest BCUT2D eigenvalue weighted by molar-refractivity contribution is 7.17. The Balaban J connectivity index is 1.68. The van der Waals surface area contributed by atoms with Crippen LogP contribution >= 0.6 is 22.7 Å². The number of carbonyl (C=O) groups is 3. The summed E-state index contributed by atoms with van der Waals surface area (Å²) in [5.41, 5.74) is 7.69. The zero-order valence-electron chi connectivity index (χ0n) is 14.6. The van der Waals surface area contributed by atoms with Crippen LogP contribution in [0.5, 0.6) is 0 Å². The van der Waals surface area contributed by atoms with Gasteiger partial charge in [-0.3, -0.25) is 9.59 Å². The molecule has 0 aromatic carbocycles. The number of hydrogen-bond acceptors (Lipinski definition) is 6. The van der Waals surface area contributed by atoms with E-state index in [0.717, 1.165) is 35.3 Å². The van der Waals surface area contributed by atoms with Crippen LogP contribution in [0.4, 0.5) is 5.00 Å². The van der Waals surface area contributed by atoms with Crippen LogP contribution in [-0.4, -0.2) is 24.4 Å². The number of rotatable bonds is 5. The van der Waals surface area contributed by atoms with Gasteiger partial charge in [-0.1, -0.05) is 6.92 Å². The van der Waals surface area contributed by atoms with Crippen molar-refractivity contribution in [1.29, 1.82) is 0 Å². The first-order chi connectivity index (χ1) is 12.4. The van der Waals surface area contributed by atoms with Crippen LogP contribution in [0.1, 0.15) is 49.4 Å². The molecule has 0 spiro atoms. The second-order valence-electron chi connectivity index (χ2n) is 6.48. The number of esters is 1. The van der Waals surface area contributed by atoms with Crippen LogP contribution in [0, 0.1) is 12.8 Å². The first-order valence-electron chi connectivity index (χ1n) is 8.32. The minimum Gasteiger partial charge on any atom is -0.451 e. The molecule has 1 atom stereocenters. The van der Waals surface area contributed by atoms with Gasteiger partial charge in [0.25, 0.3) is 11.8 Å². The predicted octanol–water partition coefficient (Wildman–Crippen LogP) is 3.14. The molecule has 6 nitrogen and oxygen atoms in total. The van der Waals surface area contributed by atoms with E-state index >= 15 is 0 Å². The largest absolute Gasteiger partial charge is 0.451 e. The third-order valence-electron chi connectivity index (χ3n) is 4.39. The van der Waals surface area contributed by atoms with Gasteiger partial charge in [-0.05, 0) is 54.7 Å². The summed E-state index contributed by atoms with van der Waals surface area (Å²) in [6.45, 7) is 3.56. The molecule has 1 aliphatic carbocycles. The van der Waals surface area contributed by atoms with E-state index in [2.05, 4.69) is 12.2 Å². The summed E-state index contributed by atoms with van der Waals surface area (Å²) in [6, 6.07) is 1.82. The number of primary amides is 1. The summed E-state index contributed by atoms with van der Waals surface area (Å²) in [4.78, 5) is 37.6. The Labute approximate surface area is 159 Å². The number of aryl methyl sites for hydroxylation is 1. The fraction of sp³-hybridized carbons (Fsp3) is 0.389. The molecule has 1 unspecified atom stereocenters. The molecule has 2 amide bonds. The fourth-order valence-electron chi connectivity index (χ4n) is 3.04. The normalized spacial score (nSPS) is 16.0. The first kappa shape index (κ1) is 18.6. The van der Waals surface area contributed by atoms with E-state index in [0.29, 0.717) is 21.4 Å². The lowest BCUT2D eigenvalue weighted by Crippen LogP contribution is -2.23. The highest BCUT2D eigenvalue weighted by Crippen LogP contribution is 2.39. The Morgan fingerprint density at radius 1 is 1.38 bits per heavy atom. The monoisotopic (exact) mass is 392 g/mol. The van der Waals surface area contributed by atoms with Gasteiger partial charge < -0.3 is 15.8 Å². The molecule has 0 fully saturated rings. The van der Waals surface area contributed by atoms with E-state index in [-0.39, 0.29) is 0 Å². The maximum absolute atomic E-state index is 12.2. The number of amides is 2. The molecule has 0 radical (unpaired) electrons. The summed E-state index contributed by atoms with van der Waals surface area (Å²) < 4.78 is 5.07. The molecule has 0 bridgehead atoms. The van der Waals surface area contributed by atoms with Gasteiger partial charge in [0.15, 0.2) is 6.61 Å². The zero-order chi connectivity index (χ0) is 18.8. The zero-order valence-corrected chi connectivity index (χ0v) is 16.2. The third-order valence-corrected chi connectivity index (χ3v) is 6.56. The number of nitrogens with one attached hydrogen (secondary N) is 1. The van der Waals surface area contributed by atoms with E-state index in [1.165, 1.54) is 22.7 Å². The number of nitrogens with two attached hydrogens (primary N) is 1. The smallest absolute Gasteiger partial charge is 0.349 e. The Morgan fingerprint density at radius 2 is 2.15 bits per heavy atom. The number of carbonyl (C=O) groups excluding carboxylic acids is 3. The molecule has 2 aromatic rings. The molecule has 2 aromatic heterocycles. The van der Waals surface area contributed by atoms with Crippen molar-refractivity contribution in [3.63, 3.8) is 0 Å². The van der Waals surface area contributed by atoms with Crippen LogP contribution in [-0.2, 0) is 22.4 Å². The van der Waals surface area contributed by atoms with Gasteiger partial charge in [0, 0.05) is 4.88 Å². The summed E-state index contributed by atoms with van der Waals surface area (Å²) in [5, 5.41) is 4.93. The lowest BCUT2D eigenvalue weighted by molar-refractivity contribution is -0.119. The van der Waals surface area contributed by atoms with Gasteiger partial charge in [-0.25, -0.2) is 4.79 Å².